The number of nitrogens with one attached hydrogen (secondary N) is 1. The minimum absolute atomic E-state index is 0.101. The molecule has 22 heavy (non-hydrogen) atoms. The molecule has 3 N–H and O–H groups in total. The molecule has 0 bridgehead atoms. The lowest BCUT2D eigenvalue weighted by Gasteiger charge is -2.08. The van der Waals surface area contributed by atoms with Gasteiger partial charge in [0.05, 0.1) is 12.8 Å². The van der Waals surface area contributed by atoms with Crippen molar-refractivity contribution in [3.63, 3.8) is 0 Å². The molecule has 1 amide bonds. The van der Waals surface area contributed by atoms with E-state index in [4.69, 9.17) is 10.5 Å². The Bertz CT molecular complexity index is 682. The number of hydrogen-bond donors (Lipinski definition) is 2. The number of anilines is 1. The number of methoxy groups -OCH3 is 1. The van der Waals surface area contributed by atoms with Crippen LogP contribution in [0.25, 0.3) is 0 Å². The summed E-state index contributed by atoms with van der Waals surface area (Å²) in [6, 6.07) is 7.59. The molecule has 0 saturated heterocycles. The molecule has 0 fully saturated rings. The van der Waals surface area contributed by atoms with Crippen LogP contribution in [0.4, 0.5) is 5.82 Å². The van der Waals surface area contributed by atoms with E-state index in [-0.39, 0.29) is 12.5 Å². The molecule has 116 valence electrons. The predicted molar refractivity (Wildman–Crippen MR) is 86.5 cm³/mol. The molecule has 1 aliphatic heterocycles. The van der Waals surface area contributed by atoms with E-state index in [1.54, 1.807) is 23.6 Å². The third-order valence-corrected chi connectivity index (χ3v) is 4.57. The van der Waals surface area contributed by atoms with Gasteiger partial charge in [0.1, 0.15) is 18.1 Å². The summed E-state index contributed by atoms with van der Waals surface area (Å²) in [6.07, 6.45) is 0. The van der Waals surface area contributed by atoms with Gasteiger partial charge in [-0.3, -0.25) is 4.79 Å². The second-order valence-corrected chi connectivity index (χ2v) is 6.07. The van der Waals surface area contributed by atoms with Crippen LogP contribution in [0, 0.1) is 0 Å². The lowest BCUT2D eigenvalue weighted by atomic mass is 10.2. The van der Waals surface area contributed by atoms with Crippen molar-refractivity contribution >= 4 is 23.5 Å². The summed E-state index contributed by atoms with van der Waals surface area (Å²) < 4.78 is 6.69. The number of thioether (sulfide) groups is 1. The highest BCUT2D eigenvalue weighted by atomic mass is 32.2. The molecule has 0 saturated carbocycles. The molecule has 7 heteroatoms. The van der Waals surface area contributed by atoms with Gasteiger partial charge in [-0.05, 0) is 17.7 Å². The van der Waals surface area contributed by atoms with E-state index in [1.807, 2.05) is 24.3 Å². The number of fused-ring (bicyclic) bond motifs is 1. The van der Waals surface area contributed by atoms with E-state index >= 15 is 0 Å². The maximum Gasteiger partial charge on any atom is 0.242 e. The van der Waals surface area contributed by atoms with Crippen LogP contribution >= 0.6 is 11.8 Å². The Hall–Kier alpha value is -2.15. The van der Waals surface area contributed by atoms with Gasteiger partial charge in [0.2, 0.25) is 5.91 Å². The quantitative estimate of drug-likeness (QED) is 0.874. The average molecular weight is 318 g/mol. The zero-order valence-corrected chi connectivity index (χ0v) is 13.2. The number of nitrogen functional groups attached to an aromatic ring is 1. The molecule has 0 radical (unpaired) electrons. The molecule has 1 aromatic heterocycles. The summed E-state index contributed by atoms with van der Waals surface area (Å²) in [5.41, 5.74) is 9.13. The van der Waals surface area contributed by atoms with Crippen molar-refractivity contribution < 1.29 is 9.53 Å². The lowest BCUT2D eigenvalue weighted by Crippen LogP contribution is -2.28. The molecular formula is C15H18N4O2S. The van der Waals surface area contributed by atoms with Crippen LogP contribution < -0.4 is 15.8 Å². The highest BCUT2D eigenvalue weighted by Crippen LogP contribution is 2.32. The minimum atomic E-state index is -0.101. The first kappa shape index (κ1) is 14.8. The van der Waals surface area contributed by atoms with Crippen molar-refractivity contribution in [2.45, 2.75) is 24.6 Å². The number of benzene rings is 1. The maximum atomic E-state index is 12.0. The Balaban J connectivity index is 1.56. The molecule has 0 spiro atoms. The Kier molecular flexibility index (Phi) is 4.24. The number of amides is 1. The maximum absolute atomic E-state index is 12.0. The van der Waals surface area contributed by atoms with Crippen LogP contribution in [-0.4, -0.2) is 22.8 Å². The Labute approximate surface area is 133 Å². The van der Waals surface area contributed by atoms with E-state index in [2.05, 4.69) is 10.4 Å². The summed E-state index contributed by atoms with van der Waals surface area (Å²) in [6.45, 7) is 0.624. The molecule has 0 atom stereocenters. The van der Waals surface area contributed by atoms with Gasteiger partial charge in [-0.25, -0.2) is 4.68 Å². The molecule has 6 nitrogen and oxygen atoms in total. The van der Waals surface area contributed by atoms with E-state index in [0.29, 0.717) is 12.4 Å². The van der Waals surface area contributed by atoms with Crippen LogP contribution in [-0.2, 0) is 29.4 Å². The Morgan fingerprint density at radius 2 is 2.18 bits per heavy atom. The zero-order valence-electron chi connectivity index (χ0n) is 12.3. The Morgan fingerprint density at radius 3 is 2.86 bits per heavy atom. The minimum Gasteiger partial charge on any atom is -0.497 e. The zero-order chi connectivity index (χ0) is 15.5. The summed E-state index contributed by atoms with van der Waals surface area (Å²) in [5.74, 6) is 3.07. The first-order valence-corrected chi connectivity index (χ1v) is 8.14. The number of aromatic nitrogens is 2. The monoisotopic (exact) mass is 318 g/mol. The van der Waals surface area contributed by atoms with Crippen LogP contribution in [0.15, 0.2) is 24.3 Å². The standard InChI is InChI=1S/C15H18N4O2S/c1-21-11-4-2-10(3-5-11)6-17-14(20)7-19-15(16)12-8-22-9-13(12)18-19/h2-5H,6-9,16H2,1H3,(H,17,20). The number of carbonyl (C=O) groups excluding carboxylic acids is 1. The third-order valence-electron chi connectivity index (χ3n) is 3.60. The summed E-state index contributed by atoms with van der Waals surface area (Å²) in [4.78, 5) is 12.0. The van der Waals surface area contributed by atoms with Crippen LogP contribution in [0.2, 0.25) is 0 Å². The van der Waals surface area contributed by atoms with Gasteiger partial charge < -0.3 is 15.8 Å². The third kappa shape index (κ3) is 3.04. The molecule has 0 aliphatic carbocycles. The molecule has 0 unspecified atom stereocenters. The van der Waals surface area contributed by atoms with Crippen LogP contribution in [0.3, 0.4) is 0 Å². The molecular weight excluding hydrogens is 300 g/mol. The van der Waals surface area contributed by atoms with Crippen LogP contribution in [0.1, 0.15) is 16.8 Å². The van der Waals surface area contributed by atoms with Gasteiger partial charge in [0.15, 0.2) is 0 Å². The van der Waals surface area contributed by atoms with Crippen molar-refractivity contribution in [2.24, 2.45) is 0 Å². The fourth-order valence-corrected chi connectivity index (χ4v) is 3.39. The topological polar surface area (TPSA) is 82.2 Å². The van der Waals surface area contributed by atoms with Crippen molar-refractivity contribution in [1.82, 2.24) is 15.1 Å². The molecule has 1 aromatic carbocycles. The highest BCUT2D eigenvalue weighted by Gasteiger charge is 2.21. The molecule has 3 rings (SSSR count). The first-order valence-electron chi connectivity index (χ1n) is 6.99. The number of carbonyl (C=O) groups is 1. The fourth-order valence-electron chi connectivity index (χ4n) is 2.34. The van der Waals surface area contributed by atoms with Crippen molar-refractivity contribution in [2.75, 3.05) is 12.8 Å². The van der Waals surface area contributed by atoms with E-state index < -0.39 is 0 Å². The first-order chi connectivity index (χ1) is 10.7. The van der Waals surface area contributed by atoms with E-state index in [9.17, 15) is 4.79 Å². The fraction of sp³-hybridized carbons (Fsp3) is 0.333. The smallest absolute Gasteiger partial charge is 0.242 e. The van der Waals surface area contributed by atoms with Crippen molar-refractivity contribution in [1.29, 1.82) is 0 Å². The highest BCUT2D eigenvalue weighted by molar-refractivity contribution is 7.98. The van der Waals surface area contributed by atoms with Gasteiger partial charge in [0.25, 0.3) is 0 Å². The van der Waals surface area contributed by atoms with E-state index in [0.717, 1.165) is 34.1 Å². The number of hydrogen-bond acceptors (Lipinski definition) is 5. The number of ether oxygens (including phenoxy) is 1. The largest absolute Gasteiger partial charge is 0.497 e. The van der Waals surface area contributed by atoms with Gasteiger partial charge in [0, 0.05) is 23.6 Å². The Morgan fingerprint density at radius 1 is 1.41 bits per heavy atom. The van der Waals surface area contributed by atoms with Gasteiger partial charge in [-0.2, -0.15) is 16.9 Å². The lowest BCUT2D eigenvalue weighted by molar-refractivity contribution is -0.122. The van der Waals surface area contributed by atoms with Crippen LogP contribution in [0.5, 0.6) is 5.75 Å². The van der Waals surface area contributed by atoms with Gasteiger partial charge in [-0.1, -0.05) is 12.1 Å². The number of nitrogens with two attached hydrogens (primary N) is 1. The SMILES string of the molecule is COc1ccc(CNC(=O)Cn2nc3c(c2N)CSC3)cc1. The summed E-state index contributed by atoms with van der Waals surface area (Å²) >= 11 is 1.80. The molecule has 2 heterocycles. The van der Waals surface area contributed by atoms with Gasteiger partial charge in [-0.15, -0.1) is 0 Å². The number of nitrogens with zero attached hydrogens (tertiary/aromatic N) is 2. The molecule has 1 aliphatic rings. The predicted octanol–water partition coefficient (Wildman–Crippen LogP) is 1.54. The number of rotatable bonds is 5. The average Bonchev–Trinajstić information content (AvgIpc) is 3.10. The van der Waals surface area contributed by atoms with Crippen molar-refractivity contribution in [3.05, 3.63) is 41.1 Å². The second-order valence-electron chi connectivity index (χ2n) is 5.09. The summed E-state index contributed by atoms with van der Waals surface area (Å²) in [7, 11) is 1.63. The molecule has 2 aromatic rings. The summed E-state index contributed by atoms with van der Waals surface area (Å²) in [5, 5.41) is 7.28. The van der Waals surface area contributed by atoms with E-state index in [1.165, 1.54) is 0 Å². The van der Waals surface area contributed by atoms with Gasteiger partial charge >= 0.3 is 0 Å². The van der Waals surface area contributed by atoms with Crippen molar-refractivity contribution in [3.8, 4) is 5.75 Å². The second kappa shape index (κ2) is 6.31. The normalized spacial score (nSPS) is 13.0.